The van der Waals surface area contributed by atoms with Crippen LogP contribution in [0.3, 0.4) is 0 Å². The molecule has 1 aromatic carbocycles. The van der Waals surface area contributed by atoms with E-state index in [-0.39, 0.29) is 18.1 Å². The molecule has 1 N–H and O–H groups in total. The summed E-state index contributed by atoms with van der Waals surface area (Å²) in [6, 6.07) is 7.99. The van der Waals surface area contributed by atoms with Gasteiger partial charge in [0, 0.05) is 35.9 Å². The van der Waals surface area contributed by atoms with Gasteiger partial charge in [-0.2, -0.15) is 0 Å². The van der Waals surface area contributed by atoms with Crippen LogP contribution in [-0.2, 0) is 9.53 Å². The Kier molecular flexibility index (Phi) is 4.93. The van der Waals surface area contributed by atoms with Crippen LogP contribution in [0.15, 0.2) is 35.8 Å². The third kappa shape index (κ3) is 4.09. The highest BCUT2D eigenvalue weighted by Gasteiger charge is 2.25. The second-order valence-electron chi connectivity index (χ2n) is 5.83. The second kappa shape index (κ2) is 7.10. The highest BCUT2D eigenvalue weighted by atomic mass is 32.1. The number of carbonyl (C=O) groups excluding carboxylic acids is 1. The molecular formula is C17H21N3O2S. The quantitative estimate of drug-likeness (QED) is 0.936. The summed E-state index contributed by atoms with van der Waals surface area (Å²) in [5.74, 6) is 0.103. The van der Waals surface area contributed by atoms with E-state index in [0.29, 0.717) is 19.6 Å². The van der Waals surface area contributed by atoms with Gasteiger partial charge in [0.2, 0.25) is 5.91 Å². The van der Waals surface area contributed by atoms with E-state index in [9.17, 15) is 4.79 Å². The average molecular weight is 331 g/mol. The molecule has 2 atom stereocenters. The van der Waals surface area contributed by atoms with Gasteiger partial charge in [0.1, 0.15) is 5.01 Å². The number of hydrogen-bond acceptors (Lipinski definition) is 5. The number of rotatable bonds is 4. The van der Waals surface area contributed by atoms with Crippen LogP contribution in [0.25, 0.3) is 10.6 Å². The largest absolute Gasteiger partial charge is 0.376 e. The van der Waals surface area contributed by atoms with Crippen molar-refractivity contribution in [2.24, 2.45) is 0 Å². The first-order valence-electron chi connectivity index (χ1n) is 7.79. The van der Waals surface area contributed by atoms with Crippen molar-refractivity contribution in [1.29, 1.82) is 0 Å². The van der Waals surface area contributed by atoms with E-state index in [2.05, 4.69) is 10.3 Å². The molecule has 3 rings (SSSR count). The highest BCUT2D eigenvalue weighted by Crippen LogP contribution is 2.24. The van der Waals surface area contributed by atoms with Crippen LogP contribution in [0.4, 0.5) is 5.69 Å². The topological polar surface area (TPSA) is 54.5 Å². The lowest BCUT2D eigenvalue weighted by Crippen LogP contribution is -2.49. The number of amides is 1. The molecule has 0 bridgehead atoms. The molecule has 0 radical (unpaired) electrons. The third-order valence-electron chi connectivity index (χ3n) is 3.76. The fourth-order valence-corrected chi connectivity index (χ4v) is 3.43. The molecule has 1 saturated heterocycles. The van der Waals surface area contributed by atoms with Crippen LogP contribution in [-0.4, -0.2) is 47.6 Å². The lowest BCUT2D eigenvalue weighted by atomic mass is 10.2. The first-order valence-corrected chi connectivity index (χ1v) is 8.67. The normalized spacial score (nSPS) is 21.2. The SMILES string of the molecule is CC1CN(C(=O)CNc2cccc(-c3nccs3)c2)CC(C)O1. The van der Waals surface area contributed by atoms with E-state index in [0.717, 1.165) is 16.3 Å². The molecule has 0 spiro atoms. The molecule has 2 aromatic rings. The predicted octanol–water partition coefficient (Wildman–Crippen LogP) is 2.86. The van der Waals surface area contributed by atoms with Crippen LogP contribution in [0.1, 0.15) is 13.8 Å². The molecule has 1 aliphatic heterocycles. The number of aromatic nitrogens is 1. The summed E-state index contributed by atoms with van der Waals surface area (Å²) in [6.07, 6.45) is 1.98. The van der Waals surface area contributed by atoms with Gasteiger partial charge in [-0.05, 0) is 26.0 Å². The Bertz CT molecular complexity index is 650. The Morgan fingerprint density at radius 1 is 1.39 bits per heavy atom. The van der Waals surface area contributed by atoms with Gasteiger partial charge < -0.3 is 15.0 Å². The number of anilines is 1. The number of nitrogens with zero attached hydrogens (tertiary/aromatic N) is 2. The molecule has 6 heteroatoms. The fourth-order valence-electron chi connectivity index (χ4n) is 2.80. The minimum Gasteiger partial charge on any atom is -0.376 e. The molecule has 1 aromatic heterocycles. The maximum absolute atomic E-state index is 12.4. The molecule has 5 nitrogen and oxygen atoms in total. The molecule has 1 aliphatic rings. The lowest BCUT2D eigenvalue weighted by Gasteiger charge is -2.35. The summed E-state index contributed by atoms with van der Waals surface area (Å²) in [6.45, 7) is 5.61. The van der Waals surface area contributed by atoms with Crippen molar-refractivity contribution in [3.05, 3.63) is 35.8 Å². The van der Waals surface area contributed by atoms with E-state index in [1.807, 2.05) is 48.4 Å². The van der Waals surface area contributed by atoms with Gasteiger partial charge >= 0.3 is 0 Å². The second-order valence-corrected chi connectivity index (χ2v) is 6.72. The van der Waals surface area contributed by atoms with E-state index >= 15 is 0 Å². The Morgan fingerprint density at radius 2 is 2.17 bits per heavy atom. The summed E-state index contributed by atoms with van der Waals surface area (Å²) >= 11 is 1.60. The van der Waals surface area contributed by atoms with Crippen LogP contribution in [0.2, 0.25) is 0 Å². The number of benzene rings is 1. The van der Waals surface area contributed by atoms with Gasteiger partial charge in [-0.1, -0.05) is 12.1 Å². The van der Waals surface area contributed by atoms with E-state index in [1.165, 1.54) is 0 Å². The smallest absolute Gasteiger partial charge is 0.242 e. The average Bonchev–Trinajstić information content (AvgIpc) is 3.06. The van der Waals surface area contributed by atoms with Gasteiger partial charge in [0.05, 0.1) is 18.8 Å². The van der Waals surface area contributed by atoms with E-state index < -0.39 is 0 Å². The zero-order chi connectivity index (χ0) is 16.2. The molecule has 0 aliphatic carbocycles. The van der Waals surface area contributed by atoms with Crippen molar-refractivity contribution in [1.82, 2.24) is 9.88 Å². The Hall–Kier alpha value is -1.92. The zero-order valence-corrected chi connectivity index (χ0v) is 14.2. The summed E-state index contributed by atoms with van der Waals surface area (Å²) in [5, 5.41) is 6.16. The summed E-state index contributed by atoms with van der Waals surface area (Å²) < 4.78 is 5.67. The van der Waals surface area contributed by atoms with Crippen molar-refractivity contribution in [3.63, 3.8) is 0 Å². The van der Waals surface area contributed by atoms with E-state index in [1.54, 1.807) is 17.5 Å². The van der Waals surface area contributed by atoms with Crippen LogP contribution < -0.4 is 5.32 Å². The number of hydrogen-bond donors (Lipinski definition) is 1. The van der Waals surface area contributed by atoms with Gasteiger partial charge in [-0.15, -0.1) is 11.3 Å². The maximum atomic E-state index is 12.4. The Labute approximate surface area is 140 Å². The summed E-state index contributed by atoms with van der Waals surface area (Å²) in [7, 11) is 0. The first kappa shape index (κ1) is 16.0. The Morgan fingerprint density at radius 3 is 2.87 bits per heavy atom. The Balaban J connectivity index is 1.60. The standard InChI is InChI=1S/C17H21N3O2S/c1-12-10-20(11-13(2)22-12)16(21)9-19-15-5-3-4-14(8-15)17-18-6-7-23-17/h3-8,12-13,19H,9-11H2,1-2H3. The molecule has 2 unspecified atom stereocenters. The molecule has 1 fully saturated rings. The van der Waals surface area contributed by atoms with Crippen LogP contribution in [0.5, 0.6) is 0 Å². The van der Waals surface area contributed by atoms with Crippen molar-refractivity contribution in [3.8, 4) is 10.6 Å². The molecule has 0 saturated carbocycles. The number of thiazole rings is 1. The van der Waals surface area contributed by atoms with Crippen molar-refractivity contribution in [2.75, 3.05) is 25.0 Å². The molecule has 2 heterocycles. The van der Waals surface area contributed by atoms with Gasteiger partial charge in [-0.3, -0.25) is 4.79 Å². The maximum Gasteiger partial charge on any atom is 0.242 e. The van der Waals surface area contributed by atoms with Crippen molar-refractivity contribution in [2.45, 2.75) is 26.1 Å². The lowest BCUT2D eigenvalue weighted by molar-refractivity contribution is -0.141. The molecule has 1 amide bonds. The molecule has 122 valence electrons. The minimum absolute atomic E-state index is 0.0935. The fraction of sp³-hybridized carbons (Fsp3) is 0.412. The number of ether oxygens (including phenoxy) is 1. The number of nitrogens with one attached hydrogen (secondary N) is 1. The van der Waals surface area contributed by atoms with Crippen molar-refractivity contribution < 1.29 is 9.53 Å². The molecule has 23 heavy (non-hydrogen) atoms. The monoisotopic (exact) mass is 331 g/mol. The first-order chi connectivity index (χ1) is 11.1. The number of morpholine rings is 1. The zero-order valence-electron chi connectivity index (χ0n) is 13.4. The minimum atomic E-state index is 0.0935. The highest BCUT2D eigenvalue weighted by molar-refractivity contribution is 7.13. The summed E-state index contributed by atoms with van der Waals surface area (Å²) in [4.78, 5) is 18.6. The molecular weight excluding hydrogens is 310 g/mol. The van der Waals surface area contributed by atoms with Gasteiger partial charge in [-0.25, -0.2) is 4.98 Å². The van der Waals surface area contributed by atoms with Crippen LogP contribution in [0, 0.1) is 0 Å². The van der Waals surface area contributed by atoms with Crippen molar-refractivity contribution >= 4 is 22.9 Å². The van der Waals surface area contributed by atoms with Gasteiger partial charge in [0.25, 0.3) is 0 Å². The van der Waals surface area contributed by atoms with Gasteiger partial charge in [0.15, 0.2) is 0 Å². The van der Waals surface area contributed by atoms with E-state index in [4.69, 9.17) is 4.74 Å². The third-order valence-corrected chi connectivity index (χ3v) is 4.58. The summed E-state index contributed by atoms with van der Waals surface area (Å²) in [5.41, 5.74) is 1.99. The number of carbonyl (C=O) groups is 1. The predicted molar refractivity (Wildman–Crippen MR) is 92.6 cm³/mol. The van der Waals surface area contributed by atoms with Crippen LogP contribution >= 0.6 is 11.3 Å².